The predicted octanol–water partition coefficient (Wildman–Crippen LogP) is 4.20. The van der Waals surface area contributed by atoms with Crippen molar-refractivity contribution in [3.8, 4) is 17.1 Å². The number of carbonyl (C=O) groups is 2. The molecular weight excluding hydrogens is 530 g/mol. The van der Waals surface area contributed by atoms with E-state index < -0.39 is 35.3 Å². The van der Waals surface area contributed by atoms with Gasteiger partial charge in [0, 0.05) is 42.2 Å². The van der Waals surface area contributed by atoms with Gasteiger partial charge < -0.3 is 20.3 Å². The molecule has 1 aromatic heterocycles. The number of nitrogens with zero attached hydrogens (tertiary/aromatic N) is 4. The molecule has 1 aliphatic carbocycles. The van der Waals surface area contributed by atoms with Gasteiger partial charge in [-0.3, -0.25) is 9.59 Å². The van der Waals surface area contributed by atoms with E-state index in [0.29, 0.717) is 51.1 Å². The van der Waals surface area contributed by atoms with Gasteiger partial charge in [0.05, 0.1) is 12.0 Å². The van der Waals surface area contributed by atoms with Crippen molar-refractivity contribution in [2.75, 3.05) is 32.8 Å². The van der Waals surface area contributed by atoms with E-state index in [9.17, 15) is 27.2 Å². The number of nitrogens with two attached hydrogens (primary N) is 1. The molecule has 2 saturated heterocycles. The third-order valence-electron chi connectivity index (χ3n) is 8.59. The quantitative estimate of drug-likeness (QED) is 0.484. The van der Waals surface area contributed by atoms with Crippen LogP contribution >= 0.6 is 0 Å². The van der Waals surface area contributed by atoms with Crippen molar-refractivity contribution in [2.24, 2.45) is 17.1 Å². The number of ether oxygens (including phenoxy) is 1. The lowest BCUT2D eigenvalue weighted by Crippen LogP contribution is -2.53. The van der Waals surface area contributed by atoms with Gasteiger partial charge in [0.2, 0.25) is 5.91 Å². The molecule has 1 aromatic carbocycles. The third kappa shape index (κ3) is 5.77. The van der Waals surface area contributed by atoms with Gasteiger partial charge in [0.25, 0.3) is 5.91 Å². The average Bonchev–Trinajstić information content (AvgIpc) is 3.40. The van der Waals surface area contributed by atoms with E-state index >= 15 is 0 Å². The maximum absolute atomic E-state index is 14.9. The molecule has 1 atom stereocenters. The first-order valence-corrected chi connectivity index (χ1v) is 13.7. The van der Waals surface area contributed by atoms with Gasteiger partial charge in [-0.15, -0.1) is 0 Å². The van der Waals surface area contributed by atoms with E-state index in [1.165, 1.54) is 29.4 Å². The molecule has 0 bridgehead atoms. The SMILES string of the molecule is NC(=O)[C@@H]1CCCN1C(=O)c1ccc(-c2cnc(OCC3CCN(CC4(C(F)(F)F)CCC4)CC3)nc2)c(F)c1. The van der Waals surface area contributed by atoms with E-state index in [1.807, 2.05) is 4.90 Å². The van der Waals surface area contributed by atoms with E-state index in [-0.39, 0.29) is 42.4 Å². The molecule has 3 heterocycles. The van der Waals surface area contributed by atoms with Crippen molar-refractivity contribution >= 4 is 11.8 Å². The molecule has 2 aliphatic heterocycles. The summed E-state index contributed by atoms with van der Waals surface area (Å²) in [4.78, 5) is 36.1. The molecule has 1 saturated carbocycles. The Morgan fingerprint density at radius 2 is 1.75 bits per heavy atom. The Labute approximate surface area is 229 Å². The number of halogens is 4. The number of carbonyl (C=O) groups excluding carboxylic acids is 2. The zero-order valence-corrected chi connectivity index (χ0v) is 22.1. The molecule has 2 N–H and O–H groups in total. The standard InChI is InChI=1S/C28H33F4N5O3/c29-22-13-19(25(39)37-10-1-3-23(37)24(33)38)4-5-21(22)20-14-34-26(35-15-20)40-16-18-6-11-36(12-7-18)17-27(8-2-9-27)28(30,31)32/h4-5,13-15,18,23H,1-3,6-12,16-17H2,(H2,33,38)/t23-/m0/s1. The molecular formula is C28H33F4N5O3. The number of hydrogen-bond acceptors (Lipinski definition) is 6. The maximum atomic E-state index is 14.9. The van der Waals surface area contributed by atoms with Crippen LogP contribution in [0.15, 0.2) is 30.6 Å². The zero-order chi connectivity index (χ0) is 28.5. The minimum absolute atomic E-state index is 0.0759. The summed E-state index contributed by atoms with van der Waals surface area (Å²) in [5.74, 6) is -1.45. The highest BCUT2D eigenvalue weighted by atomic mass is 19.4. The van der Waals surface area contributed by atoms with E-state index in [0.717, 1.165) is 18.9 Å². The lowest BCUT2D eigenvalue weighted by molar-refractivity contribution is -0.256. The largest absolute Gasteiger partial charge is 0.463 e. The fourth-order valence-electron chi connectivity index (χ4n) is 5.95. The highest BCUT2D eigenvalue weighted by molar-refractivity contribution is 5.98. The Morgan fingerprint density at radius 3 is 2.33 bits per heavy atom. The summed E-state index contributed by atoms with van der Waals surface area (Å²) in [5, 5.41) is 0. The molecule has 0 unspecified atom stereocenters. The van der Waals surface area contributed by atoms with Gasteiger partial charge in [0.15, 0.2) is 0 Å². The van der Waals surface area contributed by atoms with Gasteiger partial charge in [-0.2, -0.15) is 13.2 Å². The van der Waals surface area contributed by atoms with E-state index in [2.05, 4.69) is 9.97 Å². The number of amides is 2. The van der Waals surface area contributed by atoms with Gasteiger partial charge in [-0.05, 0) is 69.7 Å². The Bertz CT molecular complexity index is 1230. The number of hydrogen-bond donors (Lipinski definition) is 1. The second kappa shape index (κ2) is 11.3. The first-order chi connectivity index (χ1) is 19.1. The first-order valence-electron chi connectivity index (χ1n) is 13.7. The van der Waals surface area contributed by atoms with Crippen molar-refractivity contribution in [1.29, 1.82) is 0 Å². The van der Waals surface area contributed by atoms with Crippen LogP contribution in [-0.4, -0.2) is 76.6 Å². The van der Waals surface area contributed by atoms with Gasteiger partial charge in [-0.25, -0.2) is 14.4 Å². The molecule has 0 radical (unpaired) electrons. The van der Waals surface area contributed by atoms with Crippen molar-refractivity contribution in [3.63, 3.8) is 0 Å². The van der Waals surface area contributed by atoms with Crippen LogP contribution in [0.5, 0.6) is 6.01 Å². The minimum Gasteiger partial charge on any atom is -0.463 e. The highest BCUT2D eigenvalue weighted by Crippen LogP contribution is 2.53. The van der Waals surface area contributed by atoms with Crippen LogP contribution in [0.3, 0.4) is 0 Å². The van der Waals surface area contributed by atoms with Gasteiger partial charge in [0.1, 0.15) is 11.9 Å². The number of primary amides is 1. The van der Waals surface area contributed by atoms with Crippen molar-refractivity contribution in [1.82, 2.24) is 19.8 Å². The molecule has 2 amide bonds. The predicted molar refractivity (Wildman–Crippen MR) is 138 cm³/mol. The molecule has 0 spiro atoms. The van der Waals surface area contributed by atoms with Crippen LogP contribution in [0, 0.1) is 17.2 Å². The smallest absolute Gasteiger partial charge is 0.395 e. The van der Waals surface area contributed by atoms with Crippen LogP contribution in [-0.2, 0) is 4.79 Å². The van der Waals surface area contributed by atoms with Crippen molar-refractivity contribution in [2.45, 2.75) is 57.2 Å². The second-order valence-electron chi connectivity index (χ2n) is 11.2. The summed E-state index contributed by atoms with van der Waals surface area (Å²) in [5.41, 5.74) is 4.60. The van der Waals surface area contributed by atoms with Crippen molar-refractivity contribution < 1.29 is 31.9 Å². The number of piperidine rings is 1. The normalized spacial score (nSPS) is 21.7. The molecule has 12 heteroatoms. The van der Waals surface area contributed by atoms with Gasteiger partial charge >= 0.3 is 12.2 Å². The summed E-state index contributed by atoms with van der Waals surface area (Å²) in [7, 11) is 0. The Balaban J connectivity index is 1.12. The van der Waals surface area contributed by atoms with Crippen LogP contribution in [0.2, 0.25) is 0 Å². The van der Waals surface area contributed by atoms with Gasteiger partial charge in [-0.1, -0.05) is 12.5 Å². The average molecular weight is 564 g/mol. The molecule has 3 aliphatic rings. The minimum atomic E-state index is -4.15. The lowest BCUT2D eigenvalue weighted by Gasteiger charge is -2.47. The molecule has 3 fully saturated rings. The third-order valence-corrected chi connectivity index (χ3v) is 8.59. The molecule has 216 valence electrons. The van der Waals surface area contributed by atoms with E-state index in [1.54, 1.807) is 0 Å². The monoisotopic (exact) mass is 563 g/mol. The molecule has 8 nitrogen and oxygen atoms in total. The summed E-state index contributed by atoms with van der Waals surface area (Å²) >= 11 is 0. The summed E-state index contributed by atoms with van der Waals surface area (Å²) < 4.78 is 61.1. The Kier molecular flexibility index (Phi) is 7.98. The number of benzene rings is 1. The number of rotatable bonds is 8. The molecule has 40 heavy (non-hydrogen) atoms. The van der Waals surface area contributed by atoms with Crippen molar-refractivity contribution in [3.05, 3.63) is 42.0 Å². The van der Waals surface area contributed by atoms with Crippen LogP contribution < -0.4 is 10.5 Å². The number of aromatic nitrogens is 2. The van der Waals surface area contributed by atoms with E-state index in [4.69, 9.17) is 10.5 Å². The highest BCUT2D eigenvalue weighted by Gasteiger charge is 2.58. The van der Waals surface area contributed by atoms with Crippen LogP contribution in [0.25, 0.3) is 11.1 Å². The maximum Gasteiger partial charge on any atom is 0.395 e. The molecule has 2 aromatic rings. The first kappa shape index (κ1) is 28.3. The summed E-state index contributed by atoms with van der Waals surface area (Å²) in [6, 6.07) is 3.55. The number of likely N-dealkylation sites (tertiary alicyclic amines) is 2. The summed E-state index contributed by atoms with van der Waals surface area (Å²) in [6.45, 7) is 2.02. The fourth-order valence-corrected chi connectivity index (χ4v) is 5.95. The topological polar surface area (TPSA) is 102 Å². The number of alkyl halides is 3. The van der Waals surface area contributed by atoms with Crippen LogP contribution in [0.4, 0.5) is 17.6 Å². The Hall–Kier alpha value is -3.28. The fraction of sp³-hybridized carbons (Fsp3) is 0.571. The Morgan fingerprint density at radius 1 is 1.05 bits per heavy atom. The summed E-state index contributed by atoms with van der Waals surface area (Å²) in [6.07, 6.45) is 2.41. The second-order valence-corrected chi connectivity index (χ2v) is 11.2. The zero-order valence-electron chi connectivity index (χ0n) is 22.1. The lowest BCUT2D eigenvalue weighted by atomic mass is 9.67. The molecule has 5 rings (SSSR count). The van der Waals surface area contributed by atoms with Crippen LogP contribution in [0.1, 0.15) is 55.3 Å².